The highest BCUT2D eigenvalue weighted by atomic mass is 32.2. The molecular weight excluding hydrogens is 374 g/mol. The van der Waals surface area contributed by atoms with Gasteiger partial charge in [-0.2, -0.15) is 0 Å². The van der Waals surface area contributed by atoms with Gasteiger partial charge in [0.25, 0.3) is 0 Å². The maximum absolute atomic E-state index is 11.5. The minimum Gasteiger partial charge on any atom is -0.372 e. The minimum absolute atomic E-state index is 0.0753. The van der Waals surface area contributed by atoms with Gasteiger partial charge in [0.2, 0.25) is 10.0 Å². The number of hydrogen-bond donors (Lipinski definition) is 3. The van der Waals surface area contributed by atoms with Gasteiger partial charge < -0.3 is 15.5 Å². The number of anilines is 1. The molecule has 1 aromatic rings. The molecule has 1 heterocycles. The molecule has 1 saturated heterocycles. The van der Waals surface area contributed by atoms with E-state index in [-0.39, 0.29) is 6.04 Å². The molecule has 8 heteroatoms. The summed E-state index contributed by atoms with van der Waals surface area (Å²) in [5.74, 6) is 0.671. The fraction of sp³-hybridized carbons (Fsp3) is 0.650. The number of sulfonamides is 1. The summed E-state index contributed by atoms with van der Waals surface area (Å²) in [6.07, 6.45) is 3.68. The fourth-order valence-corrected chi connectivity index (χ4v) is 4.45. The van der Waals surface area contributed by atoms with Crippen LogP contribution in [-0.2, 0) is 10.0 Å². The van der Waals surface area contributed by atoms with E-state index in [9.17, 15) is 8.42 Å². The molecule has 1 aromatic carbocycles. The van der Waals surface area contributed by atoms with Crippen LogP contribution >= 0.6 is 0 Å². The van der Waals surface area contributed by atoms with Crippen molar-refractivity contribution in [3.8, 4) is 0 Å². The monoisotopic (exact) mass is 409 g/mol. The predicted octanol–water partition coefficient (Wildman–Crippen LogP) is 2.23. The molecule has 7 nitrogen and oxygen atoms in total. The van der Waals surface area contributed by atoms with Crippen LogP contribution in [0.3, 0.4) is 0 Å². The summed E-state index contributed by atoms with van der Waals surface area (Å²) in [4.78, 5) is 7.02. The molecule has 1 unspecified atom stereocenters. The lowest BCUT2D eigenvalue weighted by Crippen LogP contribution is -2.47. The van der Waals surface area contributed by atoms with Gasteiger partial charge in [-0.3, -0.25) is 4.99 Å². The highest BCUT2D eigenvalue weighted by Gasteiger charge is 2.22. The Labute approximate surface area is 170 Å². The Morgan fingerprint density at radius 2 is 1.96 bits per heavy atom. The van der Waals surface area contributed by atoms with Gasteiger partial charge in [0, 0.05) is 30.9 Å². The third kappa shape index (κ3) is 7.31. The van der Waals surface area contributed by atoms with Crippen molar-refractivity contribution in [1.29, 1.82) is 0 Å². The van der Waals surface area contributed by atoms with Crippen molar-refractivity contribution in [1.82, 2.24) is 15.4 Å². The lowest BCUT2D eigenvalue weighted by molar-refractivity contribution is 0.464. The number of rotatable bonds is 8. The van der Waals surface area contributed by atoms with Crippen molar-refractivity contribution in [2.75, 3.05) is 37.3 Å². The molecule has 3 N–H and O–H groups in total. The average molecular weight is 410 g/mol. The first-order valence-electron chi connectivity index (χ1n) is 9.98. The van der Waals surface area contributed by atoms with Crippen LogP contribution < -0.4 is 20.3 Å². The molecule has 0 bridgehead atoms. The zero-order chi connectivity index (χ0) is 20.8. The second-order valence-electron chi connectivity index (χ2n) is 8.11. The van der Waals surface area contributed by atoms with Crippen LogP contribution in [0.25, 0.3) is 0 Å². The third-order valence-electron chi connectivity index (χ3n) is 4.63. The molecule has 0 aromatic heterocycles. The van der Waals surface area contributed by atoms with Crippen LogP contribution in [0.1, 0.15) is 52.1 Å². The molecule has 0 spiro atoms. The van der Waals surface area contributed by atoms with E-state index in [4.69, 9.17) is 0 Å². The van der Waals surface area contributed by atoms with E-state index in [1.54, 1.807) is 0 Å². The van der Waals surface area contributed by atoms with Crippen molar-refractivity contribution in [3.05, 3.63) is 29.8 Å². The average Bonchev–Trinajstić information content (AvgIpc) is 3.12. The summed E-state index contributed by atoms with van der Waals surface area (Å²) >= 11 is 0. The van der Waals surface area contributed by atoms with Crippen LogP contribution in [0.5, 0.6) is 0 Å². The van der Waals surface area contributed by atoms with E-state index in [2.05, 4.69) is 56.4 Å². The molecule has 28 heavy (non-hydrogen) atoms. The van der Waals surface area contributed by atoms with Crippen molar-refractivity contribution in [3.63, 3.8) is 0 Å². The molecule has 0 amide bonds. The molecule has 2 rings (SSSR count). The summed E-state index contributed by atoms with van der Waals surface area (Å²) in [6.45, 7) is 11.1. The van der Waals surface area contributed by atoms with Gasteiger partial charge in [0.05, 0.1) is 18.8 Å². The Bertz CT molecular complexity index is 771. The summed E-state index contributed by atoms with van der Waals surface area (Å²) in [6, 6.07) is 8.70. The second kappa shape index (κ2) is 9.60. The maximum atomic E-state index is 11.5. The molecule has 1 aliphatic heterocycles. The first kappa shape index (κ1) is 22.5. The lowest BCUT2D eigenvalue weighted by atomic mass is 10.1. The normalized spacial score (nSPS) is 16.9. The SMILES string of the molecule is CCNC(=NCC(C)(C)NS(C)(=O)=O)NC(C)c1cccc(N2CCCC2)c1. The number of aliphatic imine (C=N–C) groups is 1. The highest BCUT2D eigenvalue weighted by molar-refractivity contribution is 7.88. The van der Waals surface area contributed by atoms with Gasteiger partial charge >= 0.3 is 0 Å². The van der Waals surface area contributed by atoms with E-state index in [1.807, 2.05) is 20.8 Å². The van der Waals surface area contributed by atoms with Crippen molar-refractivity contribution in [2.45, 2.75) is 52.1 Å². The second-order valence-corrected chi connectivity index (χ2v) is 9.86. The Morgan fingerprint density at radius 1 is 1.29 bits per heavy atom. The van der Waals surface area contributed by atoms with E-state index in [1.165, 1.54) is 24.1 Å². The fourth-order valence-electron chi connectivity index (χ4n) is 3.39. The van der Waals surface area contributed by atoms with Crippen LogP contribution in [0, 0.1) is 0 Å². The smallest absolute Gasteiger partial charge is 0.209 e. The van der Waals surface area contributed by atoms with Gasteiger partial charge in [-0.1, -0.05) is 12.1 Å². The molecule has 1 fully saturated rings. The van der Waals surface area contributed by atoms with Crippen molar-refractivity contribution in [2.24, 2.45) is 4.99 Å². The number of nitrogens with one attached hydrogen (secondary N) is 3. The minimum atomic E-state index is -3.29. The van der Waals surface area contributed by atoms with E-state index in [0.29, 0.717) is 12.5 Å². The Hall–Kier alpha value is -1.80. The summed E-state index contributed by atoms with van der Waals surface area (Å²) < 4.78 is 25.7. The van der Waals surface area contributed by atoms with Crippen molar-refractivity contribution >= 4 is 21.7 Å². The van der Waals surface area contributed by atoms with Gasteiger partial charge in [-0.05, 0) is 58.2 Å². The van der Waals surface area contributed by atoms with Gasteiger partial charge in [-0.15, -0.1) is 0 Å². The Balaban J connectivity index is 2.07. The van der Waals surface area contributed by atoms with E-state index < -0.39 is 15.6 Å². The number of benzene rings is 1. The van der Waals surface area contributed by atoms with Gasteiger partial charge in [0.15, 0.2) is 5.96 Å². The molecular formula is C20H35N5O2S. The van der Waals surface area contributed by atoms with Crippen LogP contribution in [-0.4, -0.2) is 52.4 Å². The summed E-state index contributed by atoms with van der Waals surface area (Å²) in [5.41, 5.74) is 1.81. The van der Waals surface area contributed by atoms with E-state index >= 15 is 0 Å². The number of guanidine groups is 1. The largest absolute Gasteiger partial charge is 0.372 e. The number of hydrogen-bond acceptors (Lipinski definition) is 4. The number of nitrogens with zero attached hydrogens (tertiary/aromatic N) is 2. The molecule has 158 valence electrons. The predicted molar refractivity (Wildman–Crippen MR) is 117 cm³/mol. The quantitative estimate of drug-likeness (QED) is 0.453. The molecule has 0 aliphatic carbocycles. The zero-order valence-corrected chi connectivity index (χ0v) is 18.6. The van der Waals surface area contributed by atoms with Crippen LogP contribution in [0.15, 0.2) is 29.3 Å². The molecule has 1 aliphatic rings. The van der Waals surface area contributed by atoms with Gasteiger partial charge in [0.1, 0.15) is 0 Å². The standard InChI is InChI=1S/C20H35N5O2S/c1-6-21-19(22-15-20(3,4)24-28(5,26)27)23-16(2)17-10-9-11-18(14-17)25-12-7-8-13-25/h9-11,14,16,24H,6-8,12-13,15H2,1-5H3,(H2,21,22,23). The first-order chi connectivity index (χ1) is 13.1. The van der Waals surface area contributed by atoms with Gasteiger partial charge in [-0.25, -0.2) is 13.1 Å². The molecule has 1 atom stereocenters. The maximum Gasteiger partial charge on any atom is 0.209 e. The topological polar surface area (TPSA) is 85.8 Å². The zero-order valence-electron chi connectivity index (χ0n) is 17.7. The summed E-state index contributed by atoms with van der Waals surface area (Å²) in [7, 11) is -3.29. The van der Waals surface area contributed by atoms with Crippen LogP contribution in [0.4, 0.5) is 5.69 Å². The Kier molecular flexibility index (Phi) is 7.71. The van der Waals surface area contributed by atoms with Crippen molar-refractivity contribution < 1.29 is 8.42 Å². The van der Waals surface area contributed by atoms with Crippen LogP contribution in [0.2, 0.25) is 0 Å². The molecule has 0 radical (unpaired) electrons. The molecule has 0 saturated carbocycles. The Morgan fingerprint density at radius 3 is 2.57 bits per heavy atom. The summed E-state index contributed by atoms with van der Waals surface area (Å²) in [5, 5.41) is 6.67. The third-order valence-corrected chi connectivity index (χ3v) is 5.56. The first-order valence-corrected chi connectivity index (χ1v) is 11.9. The lowest BCUT2D eigenvalue weighted by Gasteiger charge is -2.25. The van der Waals surface area contributed by atoms with E-state index in [0.717, 1.165) is 25.9 Å². The highest BCUT2D eigenvalue weighted by Crippen LogP contribution is 2.24.